The molecule has 1 nitrogen and oxygen atoms in total. The summed E-state index contributed by atoms with van der Waals surface area (Å²) in [6.45, 7) is 0.562. The van der Waals surface area contributed by atoms with Gasteiger partial charge in [-0.25, -0.2) is 0 Å². The number of hydrogen-bond acceptors (Lipinski definition) is 3. The highest BCUT2D eigenvalue weighted by Gasteiger charge is 1.97. The van der Waals surface area contributed by atoms with Crippen LogP contribution in [0.25, 0.3) is 0 Å². The molecular weight excluding hydrogens is 200 g/mol. The summed E-state index contributed by atoms with van der Waals surface area (Å²) in [7, 11) is 1.66. The monoisotopic (exact) mass is 212 g/mol. The minimum atomic E-state index is 0.562. The van der Waals surface area contributed by atoms with Crippen LogP contribution in [0.2, 0.25) is 0 Å². The molecule has 0 bridgehead atoms. The Kier molecular flexibility index (Phi) is 5.05. The Bertz CT molecular complexity index is 259. The Hall–Kier alpha value is -0.380. The molecule has 0 saturated carbocycles. The van der Waals surface area contributed by atoms with Gasteiger partial charge in [-0.05, 0) is 5.56 Å². The van der Waals surface area contributed by atoms with E-state index in [1.165, 1.54) is 5.56 Å². The first-order chi connectivity index (χ1) is 6.33. The van der Waals surface area contributed by atoms with E-state index in [2.05, 4.69) is 12.1 Å². The lowest BCUT2D eigenvalue weighted by Crippen LogP contribution is -1.98. The van der Waals surface area contributed by atoms with Crippen LogP contribution in [0.4, 0.5) is 0 Å². The molecule has 0 aliphatic heterocycles. The fourth-order valence-corrected chi connectivity index (χ4v) is 1.91. The lowest BCUT2D eigenvalue weighted by molar-refractivity contribution is 0.248. The Morgan fingerprint density at radius 2 is 2.08 bits per heavy atom. The standard InChI is InChI=1S/C10H12OS2/c1-11-7-10(12)13-8-9-5-3-2-4-6-9/h2-6H,7-8H2,1H3. The van der Waals surface area contributed by atoms with Crippen molar-refractivity contribution in [2.45, 2.75) is 5.75 Å². The van der Waals surface area contributed by atoms with Crippen LogP contribution < -0.4 is 0 Å². The first-order valence-corrected chi connectivity index (χ1v) is 5.41. The van der Waals surface area contributed by atoms with Gasteiger partial charge in [0.05, 0.1) is 10.8 Å². The van der Waals surface area contributed by atoms with Crippen LogP contribution in [0, 0.1) is 0 Å². The van der Waals surface area contributed by atoms with Crippen LogP contribution in [0.5, 0.6) is 0 Å². The fourth-order valence-electron chi connectivity index (χ4n) is 0.898. The summed E-state index contributed by atoms with van der Waals surface area (Å²) in [6, 6.07) is 10.3. The minimum absolute atomic E-state index is 0.562. The Morgan fingerprint density at radius 3 is 2.69 bits per heavy atom. The molecule has 0 N–H and O–H groups in total. The summed E-state index contributed by atoms with van der Waals surface area (Å²) in [4.78, 5) is 0. The molecule has 0 saturated heterocycles. The van der Waals surface area contributed by atoms with Crippen molar-refractivity contribution in [3.8, 4) is 0 Å². The highest BCUT2D eigenvalue weighted by molar-refractivity contribution is 8.22. The molecule has 0 amide bonds. The van der Waals surface area contributed by atoms with Crippen LogP contribution >= 0.6 is 24.0 Å². The number of methoxy groups -OCH3 is 1. The van der Waals surface area contributed by atoms with Crippen molar-refractivity contribution in [2.24, 2.45) is 0 Å². The smallest absolute Gasteiger partial charge is 0.0874 e. The maximum atomic E-state index is 5.09. The van der Waals surface area contributed by atoms with Crippen molar-refractivity contribution in [3.05, 3.63) is 35.9 Å². The van der Waals surface area contributed by atoms with Crippen molar-refractivity contribution < 1.29 is 4.74 Å². The largest absolute Gasteiger partial charge is 0.379 e. The predicted molar refractivity (Wildman–Crippen MR) is 62.2 cm³/mol. The van der Waals surface area contributed by atoms with Gasteiger partial charge < -0.3 is 4.74 Å². The Morgan fingerprint density at radius 1 is 1.38 bits per heavy atom. The van der Waals surface area contributed by atoms with Gasteiger partial charge in [0, 0.05) is 12.9 Å². The molecule has 70 valence electrons. The highest BCUT2D eigenvalue weighted by atomic mass is 32.2. The van der Waals surface area contributed by atoms with Crippen LogP contribution in [0.3, 0.4) is 0 Å². The zero-order valence-corrected chi connectivity index (χ0v) is 9.16. The zero-order chi connectivity index (χ0) is 9.52. The third-order valence-electron chi connectivity index (χ3n) is 1.50. The summed E-state index contributed by atoms with van der Waals surface area (Å²) >= 11 is 6.75. The van der Waals surface area contributed by atoms with Crippen LogP contribution in [-0.4, -0.2) is 17.9 Å². The van der Waals surface area contributed by atoms with E-state index in [9.17, 15) is 0 Å². The second-order valence-electron chi connectivity index (χ2n) is 2.58. The third kappa shape index (κ3) is 4.41. The molecule has 0 atom stereocenters. The van der Waals surface area contributed by atoms with Gasteiger partial charge in [0.15, 0.2) is 0 Å². The third-order valence-corrected chi connectivity index (χ3v) is 2.89. The maximum Gasteiger partial charge on any atom is 0.0874 e. The number of ether oxygens (including phenoxy) is 1. The van der Waals surface area contributed by atoms with E-state index in [1.54, 1.807) is 18.9 Å². The zero-order valence-electron chi connectivity index (χ0n) is 7.53. The van der Waals surface area contributed by atoms with Crippen molar-refractivity contribution in [3.63, 3.8) is 0 Å². The Balaban J connectivity index is 2.31. The molecule has 0 aliphatic carbocycles. The molecule has 3 heteroatoms. The van der Waals surface area contributed by atoms with Gasteiger partial charge >= 0.3 is 0 Å². The molecule has 1 aromatic rings. The summed E-state index contributed by atoms with van der Waals surface area (Å²) in [5.41, 5.74) is 1.30. The number of thioether (sulfide) groups is 1. The highest BCUT2D eigenvalue weighted by Crippen LogP contribution is 2.13. The van der Waals surface area contributed by atoms with Gasteiger partial charge in [-0.15, -0.1) is 11.8 Å². The molecule has 0 aliphatic rings. The van der Waals surface area contributed by atoms with Crippen molar-refractivity contribution in [2.75, 3.05) is 13.7 Å². The van der Waals surface area contributed by atoms with Gasteiger partial charge in [-0.2, -0.15) is 0 Å². The van der Waals surface area contributed by atoms with Crippen LogP contribution in [0.15, 0.2) is 30.3 Å². The SMILES string of the molecule is COCC(=S)SCc1ccccc1. The molecule has 0 heterocycles. The summed E-state index contributed by atoms with van der Waals surface area (Å²) in [5.74, 6) is 0.934. The molecule has 0 aromatic heterocycles. The van der Waals surface area contributed by atoms with Crippen LogP contribution in [-0.2, 0) is 10.5 Å². The lowest BCUT2D eigenvalue weighted by Gasteiger charge is -2.01. The van der Waals surface area contributed by atoms with E-state index in [4.69, 9.17) is 17.0 Å². The number of hydrogen-bond donors (Lipinski definition) is 0. The second-order valence-corrected chi connectivity index (χ2v) is 4.40. The van der Waals surface area contributed by atoms with Gasteiger partial charge in [0.2, 0.25) is 0 Å². The van der Waals surface area contributed by atoms with Gasteiger partial charge in [0.1, 0.15) is 0 Å². The normalized spacial score (nSPS) is 9.92. The Labute approximate surface area is 88.5 Å². The molecule has 0 radical (unpaired) electrons. The molecule has 0 unspecified atom stereocenters. The summed E-state index contributed by atoms with van der Waals surface area (Å²) in [5, 5.41) is 0. The molecule has 13 heavy (non-hydrogen) atoms. The first kappa shape index (κ1) is 10.7. The van der Waals surface area contributed by atoms with Gasteiger partial charge in [-0.1, -0.05) is 42.5 Å². The predicted octanol–water partition coefficient (Wildman–Crippen LogP) is 2.89. The molecule has 1 rings (SSSR count). The number of thiocarbonyl (C=S) groups is 1. The average molecular weight is 212 g/mol. The second kappa shape index (κ2) is 6.13. The van der Waals surface area contributed by atoms with E-state index in [1.807, 2.05) is 18.2 Å². The van der Waals surface area contributed by atoms with E-state index in [0.29, 0.717) is 6.61 Å². The number of rotatable bonds is 4. The van der Waals surface area contributed by atoms with E-state index in [-0.39, 0.29) is 0 Å². The van der Waals surface area contributed by atoms with Gasteiger partial charge in [0.25, 0.3) is 0 Å². The summed E-state index contributed by atoms with van der Waals surface area (Å²) in [6.07, 6.45) is 0. The van der Waals surface area contributed by atoms with Crippen molar-refractivity contribution in [1.82, 2.24) is 0 Å². The molecule has 0 spiro atoms. The topological polar surface area (TPSA) is 9.23 Å². The van der Waals surface area contributed by atoms with E-state index < -0.39 is 0 Å². The van der Waals surface area contributed by atoms with Crippen LogP contribution in [0.1, 0.15) is 5.56 Å². The molecule has 0 fully saturated rings. The number of benzene rings is 1. The van der Waals surface area contributed by atoms with E-state index >= 15 is 0 Å². The minimum Gasteiger partial charge on any atom is -0.379 e. The first-order valence-electron chi connectivity index (χ1n) is 4.01. The lowest BCUT2D eigenvalue weighted by atomic mass is 10.2. The molecular formula is C10H12OS2. The average Bonchev–Trinajstić information content (AvgIpc) is 2.17. The maximum absolute atomic E-state index is 5.09. The molecule has 1 aromatic carbocycles. The van der Waals surface area contributed by atoms with Gasteiger partial charge in [-0.3, -0.25) is 0 Å². The quantitative estimate of drug-likeness (QED) is 0.710. The van der Waals surface area contributed by atoms with Crippen molar-refractivity contribution >= 4 is 28.2 Å². The van der Waals surface area contributed by atoms with E-state index in [0.717, 1.165) is 9.95 Å². The summed E-state index contributed by atoms with van der Waals surface area (Å²) < 4.78 is 5.84. The fraction of sp³-hybridized carbons (Fsp3) is 0.300. The van der Waals surface area contributed by atoms with Crippen molar-refractivity contribution in [1.29, 1.82) is 0 Å².